The molecule has 2 amide bonds. The van der Waals surface area contributed by atoms with Crippen LogP contribution in [-0.2, 0) is 22.7 Å². The number of halogens is 1. The van der Waals surface area contributed by atoms with Crippen molar-refractivity contribution in [1.29, 1.82) is 0 Å². The Morgan fingerprint density at radius 3 is 2.68 bits per heavy atom. The molecular formula is C30H37BrN4O3. The third-order valence-electron chi connectivity index (χ3n) is 7.06. The van der Waals surface area contributed by atoms with Crippen LogP contribution in [-0.4, -0.2) is 57.4 Å². The Hall–Kier alpha value is -3.13. The van der Waals surface area contributed by atoms with E-state index >= 15 is 0 Å². The number of ether oxygens (including phenoxy) is 1. The van der Waals surface area contributed by atoms with E-state index in [0.717, 1.165) is 21.6 Å². The lowest BCUT2D eigenvalue weighted by atomic mass is 9.90. The number of aryl methyl sites for hydroxylation is 1. The van der Waals surface area contributed by atoms with E-state index in [1.807, 2.05) is 72.7 Å². The molecule has 2 atom stereocenters. The zero-order chi connectivity index (χ0) is 27.1. The van der Waals surface area contributed by atoms with Gasteiger partial charge in [-0.2, -0.15) is 0 Å². The standard InChI is InChI=1S/C30H37BrN4O3/c1-22(2)30-32-14-17-34(30)16-13-28(36)35-15-12-27(38-26-11-7-10-25(31)19-26)24(21-35)18-29(37)33(3)20-23-8-5-4-6-9-23/h4-11,14,17,19,22,24,27H,12-13,15-16,18,20-21H2,1-3H3/t24-,27-/m0/s1. The normalized spacial score (nSPS) is 17.4. The molecule has 2 aromatic carbocycles. The number of aromatic nitrogens is 2. The largest absolute Gasteiger partial charge is 0.490 e. The van der Waals surface area contributed by atoms with Crippen molar-refractivity contribution in [3.05, 3.63) is 82.9 Å². The minimum atomic E-state index is -0.149. The van der Waals surface area contributed by atoms with E-state index in [2.05, 4.69) is 39.3 Å². The Bertz CT molecular complexity index is 1210. The van der Waals surface area contributed by atoms with Gasteiger partial charge in [-0.1, -0.05) is 66.2 Å². The summed E-state index contributed by atoms with van der Waals surface area (Å²) in [5, 5.41) is 0. The van der Waals surface area contributed by atoms with Crippen molar-refractivity contribution in [2.45, 2.75) is 58.2 Å². The van der Waals surface area contributed by atoms with Gasteiger partial charge in [-0.05, 0) is 23.8 Å². The number of amides is 2. The first-order valence-electron chi connectivity index (χ1n) is 13.3. The van der Waals surface area contributed by atoms with Crippen molar-refractivity contribution in [1.82, 2.24) is 19.4 Å². The van der Waals surface area contributed by atoms with Crippen LogP contribution in [0, 0.1) is 5.92 Å². The Balaban J connectivity index is 1.42. The molecule has 4 rings (SSSR count). The fraction of sp³-hybridized carbons (Fsp3) is 0.433. The number of hydrogen-bond donors (Lipinski definition) is 0. The van der Waals surface area contributed by atoms with Gasteiger partial charge in [-0.25, -0.2) is 4.98 Å². The maximum absolute atomic E-state index is 13.3. The van der Waals surface area contributed by atoms with Gasteiger partial charge in [0.25, 0.3) is 0 Å². The van der Waals surface area contributed by atoms with Crippen LogP contribution in [0.3, 0.4) is 0 Å². The van der Waals surface area contributed by atoms with Crippen LogP contribution in [0.5, 0.6) is 5.75 Å². The number of rotatable bonds is 10. The van der Waals surface area contributed by atoms with Crippen LogP contribution < -0.4 is 4.74 Å². The molecule has 1 aliphatic rings. The Morgan fingerprint density at radius 1 is 1.16 bits per heavy atom. The third-order valence-corrected chi connectivity index (χ3v) is 7.55. The van der Waals surface area contributed by atoms with Crippen molar-refractivity contribution in [3.8, 4) is 5.75 Å². The lowest BCUT2D eigenvalue weighted by molar-refractivity contribution is -0.139. The van der Waals surface area contributed by atoms with Crippen LogP contribution in [0.25, 0.3) is 0 Å². The van der Waals surface area contributed by atoms with E-state index in [1.54, 1.807) is 11.1 Å². The first-order chi connectivity index (χ1) is 18.3. The number of carbonyl (C=O) groups is 2. The van der Waals surface area contributed by atoms with Gasteiger partial charge in [0.15, 0.2) is 0 Å². The summed E-state index contributed by atoms with van der Waals surface area (Å²) >= 11 is 3.51. The SMILES string of the molecule is CC(C)c1nccn1CCC(=O)N1CC[C@H](Oc2cccc(Br)c2)[C@@H](CC(=O)N(C)Cc2ccccc2)C1. The average Bonchev–Trinajstić information content (AvgIpc) is 3.38. The molecular weight excluding hydrogens is 544 g/mol. The highest BCUT2D eigenvalue weighted by Crippen LogP contribution is 2.28. The van der Waals surface area contributed by atoms with E-state index in [1.165, 1.54) is 0 Å². The molecule has 0 radical (unpaired) electrons. The minimum Gasteiger partial charge on any atom is -0.490 e. The van der Waals surface area contributed by atoms with E-state index in [0.29, 0.717) is 51.4 Å². The smallest absolute Gasteiger partial charge is 0.224 e. The summed E-state index contributed by atoms with van der Waals surface area (Å²) in [6.07, 6.45) is 4.99. The van der Waals surface area contributed by atoms with Gasteiger partial charge in [-0.3, -0.25) is 9.59 Å². The predicted molar refractivity (Wildman–Crippen MR) is 152 cm³/mol. The predicted octanol–water partition coefficient (Wildman–Crippen LogP) is 5.50. The van der Waals surface area contributed by atoms with Crippen LogP contribution in [0.1, 0.15) is 50.4 Å². The fourth-order valence-electron chi connectivity index (χ4n) is 5.01. The lowest BCUT2D eigenvalue weighted by Gasteiger charge is -2.39. The highest BCUT2D eigenvalue weighted by Gasteiger charge is 2.35. The maximum atomic E-state index is 13.3. The van der Waals surface area contributed by atoms with Gasteiger partial charge in [0.1, 0.15) is 17.7 Å². The molecule has 0 saturated carbocycles. The van der Waals surface area contributed by atoms with Crippen LogP contribution in [0.4, 0.5) is 0 Å². The van der Waals surface area contributed by atoms with Crippen molar-refractivity contribution >= 4 is 27.7 Å². The number of carbonyl (C=O) groups excluding carboxylic acids is 2. The first kappa shape index (κ1) is 27.9. The molecule has 0 aliphatic carbocycles. The maximum Gasteiger partial charge on any atom is 0.224 e. The molecule has 1 aliphatic heterocycles. The molecule has 202 valence electrons. The highest BCUT2D eigenvalue weighted by molar-refractivity contribution is 9.10. The van der Waals surface area contributed by atoms with E-state index < -0.39 is 0 Å². The second kappa shape index (κ2) is 13.1. The zero-order valence-corrected chi connectivity index (χ0v) is 24.0. The van der Waals surface area contributed by atoms with Gasteiger partial charge in [0.2, 0.25) is 11.8 Å². The van der Waals surface area contributed by atoms with Crippen molar-refractivity contribution in [2.75, 3.05) is 20.1 Å². The third kappa shape index (κ3) is 7.47. The quantitative estimate of drug-likeness (QED) is 0.317. The molecule has 1 saturated heterocycles. The number of nitrogens with zero attached hydrogens (tertiary/aromatic N) is 4. The number of imidazole rings is 1. The molecule has 2 heterocycles. The van der Waals surface area contributed by atoms with E-state index in [9.17, 15) is 9.59 Å². The summed E-state index contributed by atoms with van der Waals surface area (Å²) in [7, 11) is 1.84. The zero-order valence-electron chi connectivity index (χ0n) is 22.4. The van der Waals surface area contributed by atoms with Gasteiger partial charge in [-0.15, -0.1) is 0 Å². The van der Waals surface area contributed by atoms with Gasteiger partial charge >= 0.3 is 0 Å². The second-order valence-corrected chi connectivity index (χ2v) is 11.2. The molecule has 8 heteroatoms. The molecule has 1 fully saturated rings. The summed E-state index contributed by atoms with van der Waals surface area (Å²) in [5.41, 5.74) is 1.09. The Labute approximate surface area is 233 Å². The summed E-state index contributed by atoms with van der Waals surface area (Å²) in [5.74, 6) is 2.11. The first-order valence-corrected chi connectivity index (χ1v) is 14.1. The summed E-state index contributed by atoms with van der Waals surface area (Å²) in [6.45, 7) is 6.48. The summed E-state index contributed by atoms with van der Waals surface area (Å²) in [4.78, 5) is 34.6. The molecule has 7 nitrogen and oxygen atoms in total. The van der Waals surface area contributed by atoms with Crippen LogP contribution in [0.2, 0.25) is 0 Å². The fourth-order valence-corrected chi connectivity index (χ4v) is 5.39. The number of likely N-dealkylation sites (tertiary alicyclic amines) is 1. The topological polar surface area (TPSA) is 67.7 Å². The average molecular weight is 582 g/mol. The van der Waals surface area contributed by atoms with Crippen LogP contribution >= 0.6 is 15.9 Å². The number of hydrogen-bond acceptors (Lipinski definition) is 4. The molecule has 38 heavy (non-hydrogen) atoms. The summed E-state index contributed by atoms with van der Waals surface area (Å²) < 4.78 is 9.39. The molecule has 0 N–H and O–H groups in total. The highest BCUT2D eigenvalue weighted by atomic mass is 79.9. The molecule has 3 aromatic rings. The Morgan fingerprint density at radius 2 is 1.95 bits per heavy atom. The van der Waals surface area contributed by atoms with Crippen LogP contribution in [0.15, 0.2) is 71.5 Å². The van der Waals surface area contributed by atoms with E-state index in [-0.39, 0.29) is 23.8 Å². The molecule has 0 spiro atoms. The van der Waals surface area contributed by atoms with Gasteiger partial charge < -0.3 is 19.1 Å². The van der Waals surface area contributed by atoms with Crippen molar-refractivity contribution < 1.29 is 14.3 Å². The van der Waals surface area contributed by atoms with E-state index in [4.69, 9.17) is 4.74 Å². The summed E-state index contributed by atoms with van der Waals surface area (Å²) in [6, 6.07) is 17.7. The van der Waals surface area contributed by atoms with Crippen molar-refractivity contribution in [3.63, 3.8) is 0 Å². The number of benzene rings is 2. The minimum absolute atomic E-state index is 0.0518. The van der Waals surface area contributed by atoms with Gasteiger partial charge in [0, 0.05) is 81.2 Å². The Kier molecular flexibility index (Phi) is 9.61. The molecule has 0 unspecified atom stereocenters. The molecule has 0 bridgehead atoms. The lowest BCUT2D eigenvalue weighted by Crippen LogP contribution is -2.49. The monoisotopic (exact) mass is 580 g/mol. The van der Waals surface area contributed by atoms with Crippen molar-refractivity contribution in [2.24, 2.45) is 5.92 Å². The number of piperidine rings is 1. The van der Waals surface area contributed by atoms with Gasteiger partial charge in [0.05, 0.1) is 0 Å². The second-order valence-electron chi connectivity index (χ2n) is 10.3. The molecule has 1 aromatic heterocycles.